The van der Waals surface area contributed by atoms with Crippen molar-refractivity contribution in [2.75, 3.05) is 30.4 Å². The van der Waals surface area contributed by atoms with Gasteiger partial charge in [0.1, 0.15) is 17.8 Å². The van der Waals surface area contributed by atoms with E-state index in [0.717, 1.165) is 4.90 Å². The summed E-state index contributed by atoms with van der Waals surface area (Å²) in [6, 6.07) is 18.6. The molecule has 2 N–H and O–H groups in total. The zero-order valence-corrected chi connectivity index (χ0v) is 22.5. The lowest BCUT2D eigenvalue weighted by Gasteiger charge is -2.28. The number of fused-ring (bicyclic) bond motifs is 2. The van der Waals surface area contributed by atoms with Crippen molar-refractivity contribution in [3.8, 4) is 11.3 Å². The number of rotatable bonds is 7. The maximum atomic E-state index is 14.0. The molecule has 0 spiro atoms. The number of anilines is 2. The molecule has 2 aliphatic heterocycles. The van der Waals surface area contributed by atoms with Gasteiger partial charge in [-0.1, -0.05) is 36.4 Å². The highest BCUT2D eigenvalue weighted by Crippen LogP contribution is 2.35. The molecule has 0 saturated heterocycles. The minimum absolute atomic E-state index is 0.0990. The van der Waals surface area contributed by atoms with Gasteiger partial charge in [0.25, 0.3) is 17.7 Å². The Bertz CT molecular complexity index is 1720. The van der Waals surface area contributed by atoms with Crippen molar-refractivity contribution in [3.63, 3.8) is 0 Å². The summed E-state index contributed by atoms with van der Waals surface area (Å²) in [5, 5.41) is 5.69. The standard InChI is InChI=1S/C31H25FN6O4/c1-37-16-25(39)36-28-27(37)26(33-17-34-28)19-7-5-8-20(14-19)29(40)35-22(13-18-6-4-9-21(32)12-18)15-38-30(41)23-10-2-3-11-24(23)31(38)42/h2-12,14,17,22H,13,15-16H2,1H3,(H,35,40)(H,33,34,36,39)/t22-/m0/s1. The Hall–Kier alpha value is -5.45. The summed E-state index contributed by atoms with van der Waals surface area (Å²) in [5.74, 6) is -1.57. The second-order valence-electron chi connectivity index (χ2n) is 10.2. The Balaban J connectivity index is 1.28. The van der Waals surface area contributed by atoms with Crippen LogP contribution < -0.4 is 15.5 Å². The summed E-state index contributed by atoms with van der Waals surface area (Å²) in [5.41, 5.74) is 3.33. The van der Waals surface area contributed by atoms with Gasteiger partial charge in [-0.15, -0.1) is 0 Å². The highest BCUT2D eigenvalue weighted by Gasteiger charge is 2.37. The van der Waals surface area contributed by atoms with Crippen LogP contribution in [0.1, 0.15) is 36.6 Å². The Labute approximate surface area is 240 Å². The number of halogens is 1. The van der Waals surface area contributed by atoms with Crippen molar-refractivity contribution in [3.05, 3.63) is 107 Å². The van der Waals surface area contributed by atoms with Gasteiger partial charge in [0.15, 0.2) is 5.82 Å². The maximum absolute atomic E-state index is 14.0. The molecule has 6 rings (SSSR count). The predicted octanol–water partition coefficient (Wildman–Crippen LogP) is 3.31. The van der Waals surface area contributed by atoms with Gasteiger partial charge in [0.2, 0.25) is 5.91 Å². The quantitative estimate of drug-likeness (QED) is 0.330. The molecule has 0 aliphatic carbocycles. The molecule has 1 aromatic heterocycles. The predicted molar refractivity (Wildman–Crippen MR) is 153 cm³/mol. The van der Waals surface area contributed by atoms with Crippen LogP contribution in [0.4, 0.5) is 15.9 Å². The number of aromatic nitrogens is 2. The Morgan fingerprint density at radius 2 is 1.71 bits per heavy atom. The first-order valence-corrected chi connectivity index (χ1v) is 13.3. The summed E-state index contributed by atoms with van der Waals surface area (Å²) in [6.45, 7) is 0.0331. The van der Waals surface area contributed by atoms with E-state index in [0.29, 0.717) is 45.0 Å². The van der Waals surface area contributed by atoms with Crippen LogP contribution in [-0.2, 0) is 11.2 Å². The monoisotopic (exact) mass is 564 g/mol. The van der Waals surface area contributed by atoms with Gasteiger partial charge >= 0.3 is 0 Å². The molecule has 11 heteroatoms. The molecule has 210 valence electrons. The van der Waals surface area contributed by atoms with E-state index >= 15 is 0 Å². The normalized spacial score (nSPS) is 14.8. The van der Waals surface area contributed by atoms with Crippen LogP contribution in [0.2, 0.25) is 0 Å². The smallest absolute Gasteiger partial charge is 0.261 e. The van der Waals surface area contributed by atoms with E-state index in [2.05, 4.69) is 20.6 Å². The lowest BCUT2D eigenvalue weighted by atomic mass is 10.0. The third-order valence-electron chi connectivity index (χ3n) is 7.23. The van der Waals surface area contributed by atoms with Gasteiger partial charge in [0, 0.05) is 24.7 Å². The van der Waals surface area contributed by atoms with Gasteiger partial charge in [-0.3, -0.25) is 24.1 Å². The van der Waals surface area contributed by atoms with Gasteiger partial charge in [-0.2, -0.15) is 0 Å². The van der Waals surface area contributed by atoms with Crippen molar-refractivity contribution in [2.45, 2.75) is 12.5 Å². The fourth-order valence-electron chi connectivity index (χ4n) is 5.32. The van der Waals surface area contributed by atoms with Gasteiger partial charge in [-0.05, 0) is 48.4 Å². The van der Waals surface area contributed by atoms with E-state index in [1.807, 2.05) is 0 Å². The molecule has 1 atom stereocenters. The summed E-state index contributed by atoms with van der Waals surface area (Å²) >= 11 is 0. The van der Waals surface area contributed by atoms with Crippen molar-refractivity contribution in [2.24, 2.45) is 0 Å². The van der Waals surface area contributed by atoms with Gasteiger partial charge in [0.05, 0.1) is 29.4 Å². The highest BCUT2D eigenvalue weighted by molar-refractivity contribution is 6.21. The average Bonchev–Trinajstić information content (AvgIpc) is 3.21. The first-order valence-electron chi connectivity index (χ1n) is 13.3. The fourth-order valence-corrected chi connectivity index (χ4v) is 5.32. The Morgan fingerprint density at radius 3 is 2.45 bits per heavy atom. The number of imide groups is 1. The summed E-state index contributed by atoms with van der Waals surface area (Å²) in [4.78, 5) is 63.1. The topological polar surface area (TPSA) is 125 Å². The number of hydrogen-bond donors (Lipinski definition) is 2. The third kappa shape index (κ3) is 5.07. The SMILES string of the molecule is CN1CC(=O)Nc2ncnc(-c3cccc(C(=O)N[C@@H](Cc4cccc(F)c4)CN4C(=O)c5ccccc5C4=O)c3)c21. The molecule has 0 bridgehead atoms. The van der Waals surface area contributed by atoms with E-state index in [4.69, 9.17) is 0 Å². The fraction of sp³-hybridized carbons (Fsp3) is 0.161. The lowest BCUT2D eigenvalue weighted by Crippen LogP contribution is -2.47. The number of benzene rings is 3. The summed E-state index contributed by atoms with van der Waals surface area (Å²) in [6.07, 6.45) is 1.53. The Morgan fingerprint density at radius 1 is 0.976 bits per heavy atom. The molecule has 10 nitrogen and oxygen atoms in total. The van der Waals surface area contributed by atoms with Crippen LogP contribution in [-0.4, -0.2) is 64.7 Å². The van der Waals surface area contributed by atoms with E-state index in [9.17, 15) is 23.6 Å². The van der Waals surface area contributed by atoms with Crippen LogP contribution in [0.3, 0.4) is 0 Å². The first kappa shape index (κ1) is 26.8. The minimum atomic E-state index is -0.710. The molecular weight excluding hydrogens is 539 g/mol. The molecule has 0 fully saturated rings. The Kier molecular flexibility index (Phi) is 6.91. The molecule has 3 heterocycles. The molecule has 4 aromatic rings. The molecule has 4 amide bonds. The zero-order chi connectivity index (χ0) is 29.4. The molecule has 0 radical (unpaired) electrons. The number of likely N-dealkylation sites (N-methyl/N-ethyl adjacent to an activating group) is 1. The number of nitrogens with zero attached hydrogens (tertiary/aromatic N) is 4. The highest BCUT2D eigenvalue weighted by atomic mass is 19.1. The van der Waals surface area contributed by atoms with E-state index < -0.39 is 29.6 Å². The molecule has 0 saturated carbocycles. The van der Waals surface area contributed by atoms with Crippen molar-refractivity contribution >= 4 is 35.1 Å². The number of hydrogen-bond acceptors (Lipinski definition) is 7. The average molecular weight is 565 g/mol. The van der Waals surface area contributed by atoms with Crippen molar-refractivity contribution in [1.29, 1.82) is 0 Å². The van der Waals surface area contributed by atoms with E-state index in [-0.39, 0.29) is 25.4 Å². The van der Waals surface area contributed by atoms with Crippen molar-refractivity contribution < 1.29 is 23.6 Å². The molecule has 0 unspecified atom stereocenters. The van der Waals surface area contributed by atoms with Gasteiger partial charge < -0.3 is 15.5 Å². The number of amides is 4. The largest absolute Gasteiger partial charge is 0.361 e. The number of carbonyl (C=O) groups is 4. The second kappa shape index (κ2) is 10.8. The number of carbonyl (C=O) groups excluding carboxylic acids is 4. The van der Waals surface area contributed by atoms with E-state index in [1.165, 1.54) is 18.5 Å². The number of nitrogens with one attached hydrogen (secondary N) is 2. The van der Waals surface area contributed by atoms with Crippen LogP contribution in [0.5, 0.6) is 0 Å². The zero-order valence-electron chi connectivity index (χ0n) is 22.5. The summed E-state index contributed by atoms with van der Waals surface area (Å²) < 4.78 is 14.0. The first-order chi connectivity index (χ1) is 20.3. The maximum Gasteiger partial charge on any atom is 0.261 e. The molecular formula is C31H25FN6O4. The van der Waals surface area contributed by atoms with Crippen LogP contribution in [0.15, 0.2) is 79.1 Å². The van der Waals surface area contributed by atoms with Crippen LogP contribution in [0, 0.1) is 5.82 Å². The minimum Gasteiger partial charge on any atom is -0.361 e. The van der Waals surface area contributed by atoms with Crippen LogP contribution in [0.25, 0.3) is 11.3 Å². The molecule has 2 aliphatic rings. The van der Waals surface area contributed by atoms with Crippen LogP contribution >= 0.6 is 0 Å². The third-order valence-corrected chi connectivity index (χ3v) is 7.23. The van der Waals surface area contributed by atoms with Crippen molar-refractivity contribution in [1.82, 2.24) is 20.2 Å². The molecule has 42 heavy (non-hydrogen) atoms. The van der Waals surface area contributed by atoms with E-state index in [1.54, 1.807) is 72.6 Å². The molecule has 3 aromatic carbocycles. The van der Waals surface area contributed by atoms with Gasteiger partial charge in [-0.25, -0.2) is 14.4 Å². The second-order valence-corrected chi connectivity index (χ2v) is 10.2. The lowest BCUT2D eigenvalue weighted by molar-refractivity contribution is -0.115. The summed E-state index contributed by atoms with van der Waals surface area (Å²) in [7, 11) is 1.76.